The van der Waals surface area contributed by atoms with Crippen LogP contribution in [0.25, 0.3) is 11.2 Å². The number of carboxylic acid groups (broad SMARTS) is 1. The number of rotatable bonds is 4. The number of thioether (sulfide) groups is 1. The number of imidazole rings is 1. The van der Waals surface area contributed by atoms with Crippen LogP contribution in [0.2, 0.25) is 0 Å². The zero-order valence-electron chi connectivity index (χ0n) is 12.2. The molecule has 0 radical (unpaired) electrons. The van der Waals surface area contributed by atoms with Gasteiger partial charge in [0.1, 0.15) is 5.52 Å². The summed E-state index contributed by atoms with van der Waals surface area (Å²) >= 11 is 1.28. The highest BCUT2D eigenvalue weighted by Crippen LogP contribution is 2.42. The summed E-state index contributed by atoms with van der Waals surface area (Å²) in [6.45, 7) is 4.55. The highest BCUT2D eigenvalue weighted by Gasteiger charge is 2.33. The summed E-state index contributed by atoms with van der Waals surface area (Å²) in [5.41, 5.74) is 1.72. The Morgan fingerprint density at radius 3 is 2.95 bits per heavy atom. The molecule has 1 saturated carbocycles. The molecule has 2 aromatic heterocycles. The van der Waals surface area contributed by atoms with Gasteiger partial charge < -0.3 is 9.67 Å². The van der Waals surface area contributed by atoms with Gasteiger partial charge in [-0.3, -0.25) is 4.79 Å². The molecule has 0 saturated heterocycles. The fourth-order valence-corrected chi connectivity index (χ4v) is 3.92. The molecule has 0 spiro atoms. The van der Waals surface area contributed by atoms with E-state index in [1.165, 1.54) is 18.2 Å². The molecule has 1 fully saturated rings. The van der Waals surface area contributed by atoms with E-state index in [1.807, 2.05) is 12.1 Å². The van der Waals surface area contributed by atoms with Crippen molar-refractivity contribution in [3.05, 3.63) is 18.3 Å². The lowest BCUT2D eigenvalue weighted by Crippen LogP contribution is -2.16. The van der Waals surface area contributed by atoms with Crippen molar-refractivity contribution in [2.24, 2.45) is 11.8 Å². The molecule has 1 aliphatic carbocycles. The average Bonchev–Trinajstić information content (AvgIpc) is 2.98. The molecule has 2 aromatic rings. The monoisotopic (exact) mass is 305 g/mol. The number of hydrogen-bond acceptors (Lipinski definition) is 4. The smallest absolute Gasteiger partial charge is 0.313 e. The molecule has 3 rings (SSSR count). The van der Waals surface area contributed by atoms with Gasteiger partial charge in [0, 0.05) is 12.2 Å². The van der Waals surface area contributed by atoms with Gasteiger partial charge in [-0.05, 0) is 36.8 Å². The Morgan fingerprint density at radius 1 is 1.48 bits per heavy atom. The fraction of sp³-hybridized carbons (Fsp3) is 0.533. The second-order valence-corrected chi connectivity index (χ2v) is 6.72. The number of nitrogens with zero attached hydrogens (tertiary/aromatic N) is 3. The lowest BCUT2D eigenvalue weighted by atomic mass is 9.98. The fourth-order valence-electron chi connectivity index (χ4n) is 3.14. The summed E-state index contributed by atoms with van der Waals surface area (Å²) in [4.78, 5) is 19.9. The van der Waals surface area contributed by atoms with Crippen LogP contribution >= 0.6 is 11.8 Å². The maximum absolute atomic E-state index is 10.9. The summed E-state index contributed by atoms with van der Waals surface area (Å²) in [5.74, 6) is 0.432. The van der Waals surface area contributed by atoms with Gasteiger partial charge in [0.15, 0.2) is 10.8 Å². The third kappa shape index (κ3) is 2.64. The Balaban J connectivity index is 2.05. The summed E-state index contributed by atoms with van der Waals surface area (Å²) in [5, 5.41) is 9.70. The largest absolute Gasteiger partial charge is 0.481 e. The topological polar surface area (TPSA) is 68.0 Å². The Bertz CT molecular complexity index is 670. The number of pyridine rings is 1. The van der Waals surface area contributed by atoms with E-state index < -0.39 is 5.97 Å². The standard InChI is InChI=1S/C15H19N3O2S/c1-9-5-6-12(10(9)2)18-14-11(4-3-7-16-14)17-15(18)21-8-13(19)20/h3-4,7,9-10,12H,5-6,8H2,1-2H3,(H,19,20). The number of carbonyl (C=O) groups is 1. The average molecular weight is 305 g/mol. The summed E-state index contributed by atoms with van der Waals surface area (Å²) in [6.07, 6.45) is 4.07. The van der Waals surface area contributed by atoms with E-state index in [0.717, 1.165) is 22.7 Å². The molecule has 2 heterocycles. The normalized spacial score (nSPS) is 25.5. The predicted molar refractivity (Wildman–Crippen MR) is 82.5 cm³/mol. The van der Waals surface area contributed by atoms with E-state index >= 15 is 0 Å². The van der Waals surface area contributed by atoms with Crippen molar-refractivity contribution in [2.75, 3.05) is 5.75 Å². The second-order valence-electron chi connectivity index (χ2n) is 5.77. The molecule has 0 aromatic carbocycles. The van der Waals surface area contributed by atoms with Gasteiger partial charge in [-0.25, -0.2) is 9.97 Å². The summed E-state index contributed by atoms with van der Waals surface area (Å²) in [6, 6.07) is 4.16. The second kappa shape index (κ2) is 5.67. The highest BCUT2D eigenvalue weighted by atomic mass is 32.2. The van der Waals surface area contributed by atoms with Crippen molar-refractivity contribution in [3.63, 3.8) is 0 Å². The quantitative estimate of drug-likeness (QED) is 0.878. The number of hydrogen-bond donors (Lipinski definition) is 1. The van der Waals surface area contributed by atoms with Gasteiger partial charge in [-0.1, -0.05) is 25.6 Å². The maximum atomic E-state index is 10.9. The molecule has 1 N–H and O–H groups in total. The SMILES string of the molecule is CC1CCC(n2c(SCC(=O)O)nc3cccnc32)C1C. The summed E-state index contributed by atoms with van der Waals surface area (Å²) in [7, 11) is 0. The van der Waals surface area contributed by atoms with E-state index in [9.17, 15) is 4.79 Å². The first kappa shape index (κ1) is 14.4. The maximum Gasteiger partial charge on any atom is 0.313 e. The number of aliphatic carboxylic acids is 1. The van der Waals surface area contributed by atoms with Crippen molar-refractivity contribution in [1.82, 2.24) is 14.5 Å². The molecule has 0 bridgehead atoms. The van der Waals surface area contributed by atoms with Crippen LogP contribution in [0.4, 0.5) is 0 Å². The zero-order chi connectivity index (χ0) is 15.0. The Labute approximate surface area is 127 Å². The minimum Gasteiger partial charge on any atom is -0.481 e. The van der Waals surface area contributed by atoms with Gasteiger partial charge in [0.25, 0.3) is 0 Å². The molecule has 0 aliphatic heterocycles. The number of aromatic nitrogens is 3. The van der Waals surface area contributed by atoms with Gasteiger partial charge in [-0.2, -0.15) is 0 Å². The van der Waals surface area contributed by atoms with Gasteiger partial charge in [-0.15, -0.1) is 0 Å². The van der Waals surface area contributed by atoms with Gasteiger partial charge in [0.05, 0.1) is 5.75 Å². The van der Waals surface area contributed by atoms with Crippen molar-refractivity contribution in [3.8, 4) is 0 Å². The Morgan fingerprint density at radius 2 is 2.29 bits per heavy atom. The van der Waals surface area contributed by atoms with E-state index in [-0.39, 0.29) is 5.75 Å². The van der Waals surface area contributed by atoms with Crippen LogP contribution in [0.15, 0.2) is 23.5 Å². The lowest BCUT2D eigenvalue weighted by Gasteiger charge is -2.21. The van der Waals surface area contributed by atoms with Crippen LogP contribution in [0.1, 0.15) is 32.7 Å². The van der Waals surface area contributed by atoms with Crippen molar-refractivity contribution in [2.45, 2.75) is 37.9 Å². The molecular formula is C15H19N3O2S. The Hall–Kier alpha value is -1.56. The summed E-state index contributed by atoms with van der Waals surface area (Å²) < 4.78 is 2.16. The van der Waals surface area contributed by atoms with E-state index in [0.29, 0.717) is 17.9 Å². The van der Waals surface area contributed by atoms with Crippen LogP contribution in [-0.4, -0.2) is 31.4 Å². The minimum absolute atomic E-state index is 0.0278. The molecular weight excluding hydrogens is 286 g/mol. The molecule has 112 valence electrons. The molecule has 6 heteroatoms. The molecule has 1 aliphatic rings. The van der Waals surface area contributed by atoms with Gasteiger partial charge >= 0.3 is 5.97 Å². The van der Waals surface area contributed by atoms with Crippen molar-refractivity contribution >= 4 is 28.9 Å². The van der Waals surface area contributed by atoms with E-state index in [1.54, 1.807) is 6.20 Å². The van der Waals surface area contributed by atoms with Crippen LogP contribution in [-0.2, 0) is 4.79 Å². The molecule has 5 nitrogen and oxygen atoms in total. The van der Waals surface area contributed by atoms with Crippen LogP contribution in [0.3, 0.4) is 0 Å². The lowest BCUT2D eigenvalue weighted by molar-refractivity contribution is -0.133. The minimum atomic E-state index is -0.820. The van der Waals surface area contributed by atoms with E-state index in [4.69, 9.17) is 5.11 Å². The predicted octanol–water partition coefficient (Wildman–Crippen LogP) is 3.22. The third-order valence-corrected chi connectivity index (χ3v) is 5.43. The zero-order valence-corrected chi connectivity index (χ0v) is 13.0. The van der Waals surface area contributed by atoms with Gasteiger partial charge in [0.2, 0.25) is 0 Å². The van der Waals surface area contributed by atoms with Crippen LogP contribution < -0.4 is 0 Å². The first-order valence-electron chi connectivity index (χ1n) is 7.25. The molecule has 0 amide bonds. The molecule has 3 atom stereocenters. The number of carboxylic acids is 1. The first-order valence-corrected chi connectivity index (χ1v) is 8.24. The highest BCUT2D eigenvalue weighted by molar-refractivity contribution is 7.99. The van der Waals surface area contributed by atoms with Crippen LogP contribution in [0, 0.1) is 11.8 Å². The van der Waals surface area contributed by atoms with Crippen molar-refractivity contribution < 1.29 is 9.90 Å². The van der Waals surface area contributed by atoms with Crippen molar-refractivity contribution in [1.29, 1.82) is 0 Å². The first-order chi connectivity index (χ1) is 10.1. The van der Waals surface area contributed by atoms with Crippen LogP contribution in [0.5, 0.6) is 0 Å². The Kier molecular flexibility index (Phi) is 3.89. The molecule has 21 heavy (non-hydrogen) atoms. The molecule has 3 unspecified atom stereocenters. The van der Waals surface area contributed by atoms with E-state index in [2.05, 4.69) is 28.4 Å². The third-order valence-electron chi connectivity index (χ3n) is 4.50. The number of fused-ring (bicyclic) bond motifs is 1.